The van der Waals surface area contributed by atoms with E-state index < -0.39 is 0 Å². The van der Waals surface area contributed by atoms with Gasteiger partial charge in [0.15, 0.2) is 0 Å². The molecule has 0 saturated carbocycles. The van der Waals surface area contributed by atoms with Crippen LogP contribution in [0.1, 0.15) is 39.6 Å². The number of nitrogens with zero attached hydrogens (tertiary/aromatic N) is 2. The van der Waals surface area contributed by atoms with Crippen LogP contribution in [0.2, 0.25) is 0 Å². The first-order chi connectivity index (χ1) is 10.1. The summed E-state index contributed by atoms with van der Waals surface area (Å²) in [6.07, 6.45) is 3.50. The summed E-state index contributed by atoms with van der Waals surface area (Å²) in [6, 6.07) is 0.355. The summed E-state index contributed by atoms with van der Waals surface area (Å²) in [4.78, 5) is 20.3. The molecule has 2 atom stereocenters. The van der Waals surface area contributed by atoms with E-state index in [1.807, 2.05) is 25.6 Å². The molecule has 3 rings (SSSR count). The number of rotatable bonds is 4. The number of hydrogen-bond acceptors (Lipinski definition) is 5. The molecule has 0 radical (unpaired) electrons. The molecule has 0 spiro atoms. The maximum Gasteiger partial charge on any atom is 0.266 e. The molecule has 0 unspecified atom stereocenters. The number of thioether (sulfide) groups is 1. The highest BCUT2D eigenvalue weighted by Crippen LogP contribution is 2.28. The Morgan fingerprint density at radius 2 is 2.29 bits per heavy atom. The summed E-state index contributed by atoms with van der Waals surface area (Å²) in [5.41, 5.74) is 0.866. The van der Waals surface area contributed by atoms with Gasteiger partial charge in [-0.05, 0) is 38.9 Å². The van der Waals surface area contributed by atoms with E-state index in [0.717, 1.165) is 59.5 Å². The molecule has 4 nitrogen and oxygen atoms in total. The molecule has 0 N–H and O–H groups in total. The number of aryl methyl sites for hydroxylation is 2. The molecule has 1 aromatic heterocycles. The van der Waals surface area contributed by atoms with Crippen LogP contribution in [0.15, 0.2) is 0 Å². The molecular formula is C15H22N2O2S2. The fourth-order valence-corrected chi connectivity index (χ4v) is 5.13. The first-order valence-electron chi connectivity index (χ1n) is 7.59. The van der Waals surface area contributed by atoms with Gasteiger partial charge in [-0.2, -0.15) is 11.8 Å². The van der Waals surface area contributed by atoms with Gasteiger partial charge < -0.3 is 9.64 Å². The van der Waals surface area contributed by atoms with Gasteiger partial charge in [0.2, 0.25) is 0 Å². The van der Waals surface area contributed by atoms with E-state index in [1.165, 1.54) is 11.3 Å². The zero-order chi connectivity index (χ0) is 14.8. The molecule has 2 aliphatic rings. The minimum atomic E-state index is 0.154. The van der Waals surface area contributed by atoms with E-state index in [0.29, 0.717) is 6.04 Å². The monoisotopic (exact) mass is 326 g/mol. The molecule has 0 bridgehead atoms. The van der Waals surface area contributed by atoms with E-state index in [9.17, 15) is 4.79 Å². The van der Waals surface area contributed by atoms with Crippen LogP contribution in [0, 0.1) is 13.8 Å². The first kappa shape index (κ1) is 15.3. The lowest BCUT2D eigenvalue weighted by atomic mass is 10.1. The third-order valence-electron chi connectivity index (χ3n) is 4.13. The van der Waals surface area contributed by atoms with Crippen molar-refractivity contribution in [2.45, 2.75) is 45.3 Å². The number of ether oxygens (including phenoxy) is 1. The largest absolute Gasteiger partial charge is 0.376 e. The highest BCUT2D eigenvalue weighted by atomic mass is 32.2. The normalized spacial score (nSPS) is 25.4. The third kappa shape index (κ3) is 3.43. The second kappa shape index (κ2) is 6.67. The molecule has 0 aromatic carbocycles. The van der Waals surface area contributed by atoms with Crippen molar-refractivity contribution < 1.29 is 9.53 Å². The van der Waals surface area contributed by atoms with Crippen LogP contribution in [0.3, 0.4) is 0 Å². The summed E-state index contributed by atoms with van der Waals surface area (Å²) in [6.45, 7) is 5.47. The van der Waals surface area contributed by atoms with Gasteiger partial charge in [0, 0.05) is 24.9 Å². The van der Waals surface area contributed by atoms with Crippen LogP contribution in [-0.2, 0) is 4.74 Å². The molecule has 6 heteroatoms. The average Bonchev–Trinajstić information content (AvgIpc) is 3.16. The molecule has 1 aromatic rings. The smallest absolute Gasteiger partial charge is 0.266 e. The summed E-state index contributed by atoms with van der Waals surface area (Å²) >= 11 is 3.46. The molecule has 21 heavy (non-hydrogen) atoms. The Balaban J connectivity index is 1.79. The SMILES string of the molecule is Cc1nc(C)c(C(=O)N(C[C@H]2CCCO2)[C@@H]2CCSC2)s1. The number of carbonyl (C=O) groups is 1. The lowest BCUT2D eigenvalue weighted by molar-refractivity contribution is 0.0444. The van der Waals surface area contributed by atoms with Gasteiger partial charge in [-0.1, -0.05) is 0 Å². The lowest BCUT2D eigenvalue weighted by Crippen LogP contribution is -2.44. The van der Waals surface area contributed by atoms with Crippen molar-refractivity contribution in [1.82, 2.24) is 9.88 Å². The zero-order valence-electron chi connectivity index (χ0n) is 12.6. The number of hydrogen-bond donors (Lipinski definition) is 0. The van der Waals surface area contributed by atoms with Crippen LogP contribution >= 0.6 is 23.1 Å². The molecule has 2 aliphatic heterocycles. The highest BCUT2D eigenvalue weighted by Gasteiger charge is 2.32. The summed E-state index contributed by atoms with van der Waals surface area (Å²) < 4.78 is 5.75. The standard InChI is InChI=1S/C15H22N2O2S2/c1-10-14(21-11(2)16-10)15(18)17(12-5-7-20-9-12)8-13-4-3-6-19-13/h12-13H,3-9H2,1-2H3/t12-,13-/m1/s1. The molecule has 2 saturated heterocycles. The third-order valence-corrected chi connectivity index (χ3v) is 6.34. The van der Waals surface area contributed by atoms with Crippen molar-refractivity contribution in [1.29, 1.82) is 0 Å². The number of carbonyl (C=O) groups excluding carboxylic acids is 1. The van der Waals surface area contributed by atoms with Crippen molar-refractivity contribution in [2.75, 3.05) is 24.7 Å². The second-order valence-electron chi connectivity index (χ2n) is 5.76. The van der Waals surface area contributed by atoms with E-state index >= 15 is 0 Å². The van der Waals surface area contributed by atoms with E-state index in [4.69, 9.17) is 4.74 Å². The minimum Gasteiger partial charge on any atom is -0.376 e. The molecule has 116 valence electrons. The van der Waals surface area contributed by atoms with Crippen LogP contribution in [-0.4, -0.2) is 52.6 Å². The van der Waals surface area contributed by atoms with Crippen molar-refractivity contribution in [3.05, 3.63) is 15.6 Å². The quantitative estimate of drug-likeness (QED) is 0.853. The highest BCUT2D eigenvalue weighted by molar-refractivity contribution is 7.99. The average molecular weight is 326 g/mol. The summed E-state index contributed by atoms with van der Waals surface area (Å²) in [5.74, 6) is 2.36. The van der Waals surface area contributed by atoms with E-state index in [-0.39, 0.29) is 12.0 Å². The van der Waals surface area contributed by atoms with Gasteiger partial charge in [0.1, 0.15) is 4.88 Å². The van der Waals surface area contributed by atoms with Crippen molar-refractivity contribution >= 4 is 29.0 Å². The number of thiazole rings is 1. The van der Waals surface area contributed by atoms with Crippen LogP contribution < -0.4 is 0 Å². The summed E-state index contributed by atoms with van der Waals surface area (Å²) in [5, 5.41) is 0.966. The van der Waals surface area contributed by atoms with Gasteiger partial charge in [0.05, 0.1) is 16.8 Å². The first-order valence-corrected chi connectivity index (χ1v) is 9.56. The van der Waals surface area contributed by atoms with Crippen LogP contribution in [0.25, 0.3) is 0 Å². The van der Waals surface area contributed by atoms with Gasteiger partial charge >= 0.3 is 0 Å². The Morgan fingerprint density at radius 1 is 1.43 bits per heavy atom. The predicted molar refractivity (Wildman–Crippen MR) is 87.3 cm³/mol. The Kier molecular flexibility index (Phi) is 4.86. The fourth-order valence-electron chi connectivity index (χ4n) is 3.03. The minimum absolute atomic E-state index is 0.154. The Labute approximate surface area is 134 Å². The van der Waals surface area contributed by atoms with Gasteiger partial charge in [-0.3, -0.25) is 4.79 Å². The molecular weight excluding hydrogens is 304 g/mol. The Morgan fingerprint density at radius 3 is 2.86 bits per heavy atom. The van der Waals surface area contributed by atoms with Gasteiger partial charge in [-0.25, -0.2) is 4.98 Å². The zero-order valence-corrected chi connectivity index (χ0v) is 14.3. The van der Waals surface area contributed by atoms with Gasteiger partial charge in [0.25, 0.3) is 5.91 Å². The molecule has 2 fully saturated rings. The number of aromatic nitrogens is 1. The molecule has 0 aliphatic carbocycles. The van der Waals surface area contributed by atoms with Crippen LogP contribution in [0.5, 0.6) is 0 Å². The van der Waals surface area contributed by atoms with E-state index in [1.54, 1.807) is 0 Å². The predicted octanol–water partition coefficient (Wildman–Crippen LogP) is 2.89. The molecule has 1 amide bonds. The van der Waals surface area contributed by atoms with Crippen molar-refractivity contribution in [3.63, 3.8) is 0 Å². The maximum atomic E-state index is 13.0. The second-order valence-corrected chi connectivity index (χ2v) is 8.11. The van der Waals surface area contributed by atoms with Gasteiger partial charge in [-0.15, -0.1) is 11.3 Å². The molecule has 3 heterocycles. The summed E-state index contributed by atoms with van der Waals surface area (Å²) in [7, 11) is 0. The van der Waals surface area contributed by atoms with Crippen molar-refractivity contribution in [2.24, 2.45) is 0 Å². The van der Waals surface area contributed by atoms with Crippen LogP contribution in [0.4, 0.5) is 0 Å². The lowest BCUT2D eigenvalue weighted by Gasteiger charge is -2.30. The fraction of sp³-hybridized carbons (Fsp3) is 0.733. The Bertz CT molecular complexity index is 506. The van der Waals surface area contributed by atoms with Crippen molar-refractivity contribution in [3.8, 4) is 0 Å². The topological polar surface area (TPSA) is 42.4 Å². The Hall–Kier alpha value is -0.590. The number of amides is 1. The van der Waals surface area contributed by atoms with E-state index in [2.05, 4.69) is 9.88 Å². The maximum absolute atomic E-state index is 13.0.